The first-order chi connectivity index (χ1) is 19.7. The van der Waals surface area contributed by atoms with Gasteiger partial charge in [0, 0.05) is 23.5 Å². The standard InChI is InChI=1S/C34H60O6S/c1-6-7-8-9-10-11-12-13-14-15-16-17-18-19-20-21-25-39-33(37)34(4,5)29-41-26-23-22-24-38-27-31(35)28-40-32(36)30(2)3/h31,35H,2,6-21,23,25-29H2,1,3-5H3. The molecular formula is C34H60O6S. The molecule has 0 radical (unpaired) electrons. The smallest absolute Gasteiger partial charge is 0.333 e. The van der Waals surface area contributed by atoms with E-state index in [2.05, 4.69) is 25.5 Å². The maximum absolute atomic E-state index is 12.5. The lowest BCUT2D eigenvalue weighted by Crippen LogP contribution is -2.29. The summed E-state index contributed by atoms with van der Waals surface area (Å²) in [5, 5.41) is 9.71. The van der Waals surface area contributed by atoms with Gasteiger partial charge in [0.25, 0.3) is 0 Å². The molecule has 0 aliphatic heterocycles. The second kappa shape index (κ2) is 27.2. The Balaban J connectivity index is 3.61. The Labute approximate surface area is 256 Å². The molecule has 0 aromatic heterocycles. The number of hydrogen-bond donors (Lipinski definition) is 1. The molecule has 0 fully saturated rings. The van der Waals surface area contributed by atoms with Crippen molar-refractivity contribution in [3.63, 3.8) is 0 Å². The Bertz CT molecular complexity index is 739. The van der Waals surface area contributed by atoms with Gasteiger partial charge in [-0.1, -0.05) is 116 Å². The Morgan fingerprint density at radius 3 is 1.85 bits per heavy atom. The average Bonchev–Trinajstić information content (AvgIpc) is 2.94. The van der Waals surface area contributed by atoms with Crippen LogP contribution in [0.25, 0.3) is 0 Å². The van der Waals surface area contributed by atoms with Crippen LogP contribution in [0.15, 0.2) is 12.2 Å². The zero-order valence-corrected chi connectivity index (χ0v) is 27.6. The minimum atomic E-state index is -0.937. The summed E-state index contributed by atoms with van der Waals surface area (Å²) in [6, 6.07) is 0. The molecule has 0 aromatic carbocycles. The zero-order valence-electron chi connectivity index (χ0n) is 26.7. The van der Waals surface area contributed by atoms with E-state index in [1.807, 2.05) is 13.8 Å². The van der Waals surface area contributed by atoms with Gasteiger partial charge in [-0.25, -0.2) is 4.79 Å². The molecule has 0 aliphatic rings. The zero-order chi connectivity index (χ0) is 30.6. The van der Waals surface area contributed by atoms with E-state index < -0.39 is 17.5 Å². The van der Waals surface area contributed by atoms with Crippen LogP contribution in [-0.4, -0.2) is 54.5 Å². The normalized spacial score (nSPS) is 11.8. The van der Waals surface area contributed by atoms with E-state index in [4.69, 9.17) is 14.2 Å². The predicted octanol–water partition coefficient (Wildman–Crippen LogP) is 8.40. The molecule has 1 atom stereocenters. The highest BCUT2D eigenvalue weighted by molar-refractivity contribution is 7.99. The lowest BCUT2D eigenvalue weighted by Gasteiger charge is -2.22. The highest BCUT2D eigenvalue weighted by Crippen LogP contribution is 2.24. The van der Waals surface area contributed by atoms with Crippen molar-refractivity contribution < 1.29 is 28.9 Å². The monoisotopic (exact) mass is 596 g/mol. The van der Waals surface area contributed by atoms with Crippen LogP contribution in [0.5, 0.6) is 0 Å². The van der Waals surface area contributed by atoms with Crippen molar-refractivity contribution in [1.82, 2.24) is 0 Å². The van der Waals surface area contributed by atoms with Crippen LogP contribution in [0.3, 0.4) is 0 Å². The number of aliphatic hydroxyl groups is 1. The molecule has 1 unspecified atom stereocenters. The van der Waals surface area contributed by atoms with Crippen molar-refractivity contribution in [3.8, 4) is 12.0 Å². The van der Waals surface area contributed by atoms with E-state index in [0.717, 1.165) is 18.6 Å². The molecule has 0 heterocycles. The summed E-state index contributed by atoms with van der Waals surface area (Å²) in [7, 11) is 0. The van der Waals surface area contributed by atoms with Crippen molar-refractivity contribution in [2.24, 2.45) is 5.41 Å². The molecule has 0 aromatic rings. The first-order valence-electron chi connectivity index (χ1n) is 16.1. The number of thioether (sulfide) groups is 1. The van der Waals surface area contributed by atoms with Crippen molar-refractivity contribution >= 4 is 23.7 Å². The lowest BCUT2D eigenvalue weighted by atomic mass is 9.97. The number of hydrogen-bond acceptors (Lipinski definition) is 7. The minimum absolute atomic E-state index is 0.0398. The van der Waals surface area contributed by atoms with Crippen LogP contribution in [0.4, 0.5) is 0 Å². The summed E-state index contributed by atoms with van der Waals surface area (Å²) in [5.74, 6) is 3.64. The van der Waals surface area contributed by atoms with Crippen LogP contribution in [-0.2, 0) is 23.8 Å². The molecule has 0 amide bonds. The predicted molar refractivity (Wildman–Crippen MR) is 172 cm³/mol. The third-order valence-electron chi connectivity index (χ3n) is 6.79. The summed E-state index contributed by atoms with van der Waals surface area (Å²) in [6.45, 7) is 11.4. The van der Waals surface area contributed by atoms with Gasteiger partial charge in [-0.2, -0.15) is 11.8 Å². The van der Waals surface area contributed by atoms with Crippen LogP contribution in [0.2, 0.25) is 0 Å². The SMILES string of the molecule is C=C(C)C(=O)OCC(O)COC#CCCSCC(C)(C)C(=O)OCCCCCCCCCCCCCCCCCC. The fraction of sp³-hybridized carbons (Fsp3) is 0.824. The summed E-state index contributed by atoms with van der Waals surface area (Å²) in [4.78, 5) is 23.8. The summed E-state index contributed by atoms with van der Waals surface area (Å²) in [5.41, 5.74) is -0.253. The fourth-order valence-corrected chi connectivity index (χ4v) is 5.12. The fourth-order valence-electron chi connectivity index (χ4n) is 4.10. The van der Waals surface area contributed by atoms with Gasteiger partial charge in [0.2, 0.25) is 0 Å². The molecule has 0 aliphatic carbocycles. The van der Waals surface area contributed by atoms with Crippen molar-refractivity contribution in [2.45, 2.75) is 143 Å². The maximum atomic E-state index is 12.5. The summed E-state index contributed by atoms with van der Waals surface area (Å²) >= 11 is 1.66. The molecule has 6 nitrogen and oxygen atoms in total. The molecule has 41 heavy (non-hydrogen) atoms. The third kappa shape index (κ3) is 25.8. The molecule has 0 saturated carbocycles. The van der Waals surface area contributed by atoms with Gasteiger partial charge in [-0.15, -0.1) is 0 Å². The van der Waals surface area contributed by atoms with E-state index in [1.165, 1.54) is 89.9 Å². The number of unbranched alkanes of at least 4 members (excludes halogenated alkanes) is 15. The average molecular weight is 597 g/mol. The molecule has 0 bridgehead atoms. The summed E-state index contributed by atoms with van der Waals surface area (Å²) in [6.07, 6.45) is 23.5. The van der Waals surface area contributed by atoms with Gasteiger partial charge in [0.15, 0.2) is 0 Å². The second-order valence-electron chi connectivity index (χ2n) is 11.7. The number of aliphatic hydroxyl groups excluding tert-OH is 1. The number of esters is 2. The van der Waals surface area contributed by atoms with Gasteiger partial charge in [-0.3, -0.25) is 4.79 Å². The number of ether oxygens (including phenoxy) is 3. The number of carbonyl (C=O) groups excluding carboxylic acids is 2. The summed E-state index contributed by atoms with van der Waals surface area (Å²) < 4.78 is 15.5. The molecule has 0 spiro atoms. The highest BCUT2D eigenvalue weighted by Gasteiger charge is 2.29. The first-order valence-corrected chi connectivity index (χ1v) is 17.2. The Kier molecular flexibility index (Phi) is 26.1. The highest BCUT2D eigenvalue weighted by atomic mass is 32.2. The quantitative estimate of drug-likeness (QED) is 0.0441. The van der Waals surface area contributed by atoms with E-state index >= 15 is 0 Å². The Hall–Kier alpha value is -1.65. The van der Waals surface area contributed by atoms with Crippen LogP contribution in [0.1, 0.15) is 137 Å². The number of carbonyl (C=O) groups is 2. The molecular weight excluding hydrogens is 536 g/mol. The lowest BCUT2D eigenvalue weighted by molar-refractivity contribution is -0.152. The molecule has 0 rings (SSSR count). The molecule has 7 heteroatoms. The Morgan fingerprint density at radius 2 is 1.34 bits per heavy atom. The van der Waals surface area contributed by atoms with Crippen molar-refractivity contribution in [1.29, 1.82) is 0 Å². The first kappa shape index (κ1) is 39.4. The van der Waals surface area contributed by atoms with E-state index in [-0.39, 0.29) is 24.8 Å². The van der Waals surface area contributed by atoms with E-state index in [1.54, 1.807) is 18.7 Å². The second-order valence-corrected chi connectivity index (χ2v) is 12.9. The van der Waals surface area contributed by atoms with Gasteiger partial charge in [-0.05, 0) is 27.2 Å². The van der Waals surface area contributed by atoms with Crippen LogP contribution < -0.4 is 0 Å². The topological polar surface area (TPSA) is 82.1 Å². The Morgan fingerprint density at radius 1 is 0.829 bits per heavy atom. The van der Waals surface area contributed by atoms with Gasteiger partial charge < -0.3 is 19.3 Å². The van der Waals surface area contributed by atoms with Gasteiger partial charge in [0.1, 0.15) is 25.4 Å². The van der Waals surface area contributed by atoms with E-state index in [0.29, 0.717) is 18.8 Å². The minimum Gasteiger partial charge on any atom is -0.465 e. The maximum Gasteiger partial charge on any atom is 0.333 e. The van der Waals surface area contributed by atoms with Gasteiger partial charge >= 0.3 is 11.9 Å². The molecule has 1 N–H and O–H groups in total. The van der Waals surface area contributed by atoms with E-state index in [9.17, 15) is 14.7 Å². The van der Waals surface area contributed by atoms with Crippen LogP contribution in [0, 0.1) is 17.4 Å². The molecule has 238 valence electrons. The van der Waals surface area contributed by atoms with Crippen molar-refractivity contribution in [2.75, 3.05) is 31.3 Å². The number of rotatable bonds is 27. The third-order valence-corrected chi connectivity index (χ3v) is 8.21. The molecule has 0 saturated heterocycles. The van der Waals surface area contributed by atoms with Crippen molar-refractivity contribution in [3.05, 3.63) is 12.2 Å². The largest absolute Gasteiger partial charge is 0.465 e. The van der Waals surface area contributed by atoms with Gasteiger partial charge in [0.05, 0.1) is 12.0 Å². The van der Waals surface area contributed by atoms with Crippen LogP contribution >= 0.6 is 11.8 Å².